The standard InChI is InChI=1S/C18H23F3N2O4S/c1-2-28(25,26)22-10-7-13(8-11-22)17(24)23-9-3-4-14-12-15(5-6-16(14)23)27-18(19,20)21/h5-6,12-13H,2-4,7-11H2,1H3. The fourth-order valence-electron chi connectivity index (χ4n) is 3.78. The largest absolute Gasteiger partial charge is 0.573 e. The van der Waals surface area contributed by atoms with Gasteiger partial charge in [-0.15, -0.1) is 13.2 Å². The lowest BCUT2D eigenvalue weighted by molar-refractivity contribution is -0.274. The molecule has 1 aromatic carbocycles. The third-order valence-corrected chi connectivity index (χ3v) is 7.11. The zero-order valence-corrected chi connectivity index (χ0v) is 16.4. The van der Waals surface area contributed by atoms with E-state index in [-0.39, 0.29) is 23.3 Å². The number of hydrogen-bond donors (Lipinski definition) is 0. The molecule has 1 amide bonds. The Balaban J connectivity index is 1.71. The molecule has 0 atom stereocenters. The van der Waals surface area contributed by atoms with E-state index >= 15 is 0 Å². The first-order chi connectivity index (χ1) is 13.1. The molecule has 2 aliphatic heterocycles. The first kappa shape index (κ1) is 20.9. The molecule has 0 radical (unpaired) electrons. The highest BCUT2D eigenvalue weighted by Gasteiger charge is 2.35. The molecule has 1 aromatic rings. The predicted molar refractivity (Wildman–Crippen MR) is 97.6 cm³/mol. The maximum atomic E-state index is 13.0. The zero-order chi connectivity index (χ0) is 20.5. The molecule has 156 valence electrons. The zero-order valence-electron chi connectivity index (χ0n) is 15.5. The first-order valence-electron chi connectivity index (χ1n) is 9.28. The number of benzene rings is 1. The molecule has 0 aliphatic carbocycles. The molecule has 6 nitrogen and oxygen atoms in total. The Bertz CT molecular complexity index is 834. The van der Waals surface area contributed by atoms with Crippen molar-refractivity contribution in [3.05, 3.63) is 23.8 Å². The van der Waals surface area contributed by atoms with Crippen molar-refractivity contribution in [2.45, 2.75) is 39.0 Å². The smallest absolute Gasteiger partial charge is 0.406 e. The van der Waals surface area contributed by atoms with Crippen molar-refractivity contribution in [3.8, 4) is 5.75 Å². The van der Waals surface area contributed by atoms with E-state index in [1.54, 1.807) is 11.8 Å². The van der Waals surface area contributed by atoms with E-state index in [1.807, 2.05) is 0 Å². The first-order valence-corrected chi connectivity index (χ1v) is 10.9. The third-order valence-electron chi connectivity index (χ3n) is 5.23. The molecule has 1 fully saturated rings. The van der Waals surface area contributed by atoms with Gasteiger partial charge in [0.25, 0.3) is 0 Å². The van der Waals surface area contributed by atoms with Gasteiger partial charge in [0, 0.05) is 31.2 Å². The molecule has 10 heteroatoms. The lowest BCUT2D eigenvalue weighted by Gasteiger charge is -2.36. The number of carbonyl (C=O) groups excluding carboxylic acids is 1. The van der Waals surface area contributed by atoms with Crippen LogP contribution in [0.15, 0.2) is 18.2 Å². The summed E-state index contributed by atoms with van der Waals surface area (Å²) in [4.78, 5) is 14.6. The van der Waals surface area contributed by atoms with Gasteiger partial charge >= 0.3 is 6.36 Å². The summed E-state index contributed by atoms with van der Waals surface area (Å²) in [6.45, 7) is 2.71. The Morgan fingerprint density at radius 1 is 1.21 bits per heavy atom. The van der Waals surface area contributed by atoms with Crippen molar-refractivity contribution in [3.63, 3.8) is 0 Å². The minimum Gasteiger partial charge on any atom is -0.406 e. The number of anilines is 1. The van der Waals surface area contributed by atoms with Gasteiger partial charge in [0.05, 0.1) is 5.75 Å². The number of piperidine rings is 1. The number of hydrogen-bond acceptors (Lipinski definition) is 4. The van der Waals surface area contributed by atoms with Crippen LogP contribution in [0.5, 0.6) is 5.75 Å². The Morgan fingerprint density at radius 3 is 2.50 bits per heavy atom. The number of halogens is 3. The maximum Gasteiger partial charge on any atom is 0.573 e. The Hall–Kier alpha value is -1.81. The van der Waals surface area contributed by atoms with E-state index in [1.165, 1.54) is 22.5 Å². The molecule has 28 heavy (non-hydrogen) atoms. The van der Waals surface area contributed by atoms with Gasteiger partial charge < -0.3 is 9.64 Å². The van der Waals surface area contributed by atoms with Crippen LogP contribution >= 0.6 is 0 Å². The highest BCUT2D eigenvalue weighted by molar-refractivity contribution is 7.89. The number of nitrogens with zero attached hydrogens (tertiary/aromatic N) is 2. The quantitative estimate of drug-likeness (QED) is 0.751. The van der Waals surface area contributed by atoms with Crippen LogP contribution in [0, 0.1) is 5.92 Å². The normalized spacial score (nSPS) is 19.4. The molecule has 2 aliphatic rings. The Labute approximate surface area is 162 Å². The summed E-state index contributed by atoms with van der Waals surface area (Å²) < 4.78 is 66.6. The molecule has 1 saturated heterocycles. The molecule has 0 unspecified atom stereocenters. The lowest BCUT2D eigenvalue weighted by atomic mass is 9.94. The summed E-state index contributed by atoms with van der Waals surface area (Å²) in [7, 11) is -3.26. The molecule has 0 aromatic heterocycles. The second kappa shape index (κ2) is 7.90. The van der Waals surface area contributed by atoms with E-state index in [0.29, 0.717) is 56.6 Å². The summed E-state index contributed by atoms with van der Waals surface area (Å²) in [6.07, 6.45) is -2.65. The Kier molecular flexibility index (Phi) is 5.90. The third kappa shape index (κ3) is 4.60. The average molecular weight is 420 g/mol. The van der Waals surface area contributed by atoms with Crippen LogP contribution in [0.1, 0.15) is 31.7 Å². The fourth-order valence-corrected chi connectivity index (χ4v) is 4.92. The van der Waals surface area contributed by atoms with Gasteiger partial charge in [0.2, 0.25) is 15.9 Å². The highest BCUT2D eigenvalue weighted by Crippen LogP contribution is 2.34. The maximum absolute atomic E-state index is 13.0. The fraction of sp³-hybridized carbons (Fsp3) is 0.611. The van der Waals surface area contributed by atoms with Crippen molar-refractivity contribution < 1.29 is 31.1 Å². The molecule has 0 N–H and O–H groups in total. The van der Waals surface area contributed by atoms with E-state index in [2.05, 4.69) is 4.74 Å². The van der Waals surface area contributed by atoms with Crippen molar-refractivity contribution >= 4 is 21.6 Å². The van der Waals surface area contributed by atoms with Gasteiger partial charge in [-0.1, -0.05) is 0 Å². The van der Waals surface area contributed by atoms with E-state index in [4.69, 9.17) is 0 Å². The van der Waals surface area contributed by atoms with E-state index in [0.717, 1.165) is 0 Å². The van der Waals surface area contributed by atoms with Gasteiger partial charge in [-0.3, -0.25) is 4.79 Å². The van der Waals surface area contributed by atoms with Crippen LogP contribution in [0.4, 0.5) is 18.9 Å². The van der Waals surface area contributed by atoms with Crippen molar-refractivity contribution in [1.82, 2.24) is 4.31 Å². The van der Waals surface area contributed by atoms with Crippen LogP contribution in [0.3, 0.4) is 0 Å². The number of aryl methyl sites for hydroxylation is 1. The second-order valence-electron chi connectivity index (χ2n) is 7.01. The van der Waals surface area contributed by atoms with Crippen molar-refractivity contribution in [2.75, 3.05) is 30.3 Å². The highest BCUT2D eigenvalue weighted by atomic mass is 32.2. The van der Waals surface area contributed by atoms with Crippen LogP contribution < -0.4 is 9.64 Å². The number of amides is 1. The summed E-state index contributed by atoms with van der Waals surface area (Å²) in [5.41, 5.74) is 1.25. The number of carbonyl (C=O) groups is 1. The molecule has 0 bridgehead atoms. The molecular formula is C18H23F3N2O4S. The van der Waals surface area contributed by atoms with Crippen LogP contribution in [0.25, 0.3) is 0 Å². The molecular weight excluding hydrogens is 397 g/mol. The summed E-state index contributed by atoms with van der Waals surface area (Å²) in [6, 6.07) is 4.04. The number of rotatable bonds is 4. The monoisotopic (exact) mass is 420 g/mol. The number of sulfonamides is 1. The van der Waals surface area contributed by atoms with Gasteiger partial charge in [-0.2, -0.15) is 0 Å². The van der Waals surface area contributed by atoms with Crippen molar-refractivity contribution in [2.24, 2.45) is 5.92 Å². The topological polar surface area (TPSA) is 66.9 Å². The number of ether oxygens (including phenoxy) is 1. The molecule has 0 saturated carbocycles. The summed E-state index contributed by atoms with van der Waals surface area (Å²) in [5, 5.41) is 0. The van der Waals surface area contributed by atoms with E-state index < -0.39 is 16.4 Å². The van der Waals surface area contributed by atoms with Gasteiger partial charge in [0.15, 0.2) is 0 Å². The number of alkyl halides is 3. The average Bonchev–Trinajstić information content (AvgIpc) is 2.65. The van der Waals surface area contributed by atoms with Crippen LogP contribution in [-0.4, -0.2) is 50.4 Å². The molecule has 0 spiro atoms. The van der Waals surface area contributed by atoms with Gasteiger partial charge in [-0.05, 0) is 56.4 Å². The van der Waals surface area contributed by atoms with Crippen LogP contribution in [0.2, 0.25) is 0 Å². The van der Waals surface area contributed by atoms with E-state index in [9.17, 15) is 26.4 Å². The van der Waals surface area contributed by atoms with Crippen molar-refractivity contribution in [1.29, 1.82) is 0 Å². The Morgan fingerprint density at radius 2 is 1.89 bits per heavy atom. The van der Waals surface area contributed by atoms with Gasteiger partial charge in [-0.25, -0.2) is 12.7 Å². The second-order valence-corrected chi connectivity index (χ2v) is 9.26. The SMILES string of the molecule is CCS(=O)(=O)N1CCC(C(=O)N2CCCc3cc(OC(F)(F)F)ccc32)CC1. The summed E-state index contributed by atoms with van der Waals surface area (Å²) >= 11 is 0. The lowest BCUT2D eigenvalue weighted by Crippen LogP contribution is -2.46. The minimum absolute atomic E-state index is 0.0352. The predicted octanol–water partition coefficient (Wildman–Crippen LogP) is 2.93. The minimum atomic E-state index is -4.76. The molecule has 2 heterocycles. The number of fused-ring (bicyclic) bond motifs is 1. The van der Waals surface area contributed by atoms with Gasteiger partial charge in [0.1, 0.15) is 5.75 Å². The molecule has 3 rings (SSSR count). The summed E-state index contributed by atoms with van der Waals surface area (Å²) in [5.74, 6) is -0.647. The van der Waals surface area contributed by atoms with Crippen LogP contribution in [-0.2, 0) is 21.2 Å².